The van der Waals surface area contributed by atoms with Crippen molar-refractivity contribution < 1.29 is 0 Å². The van der Waals surface area contributed by atoms with Crippen molar-refractivity contribution in [1.29, 1.82) is 0 Å². The summed E-state index contributed by atoms with van der Waals surface area (Å²) in [5, 5.41) is 0. The highest BCUT2D eigenvalue weighted by atomic mass is 80.0. The first kappa shape index (κ1) is 116. The van der Waals surface area contributed by atoms with Crippen LogP contribution >= 0.6 is 940 Å². The van der Waals surface area contributed by atoms with E-state index < -0.39 is 89.4 Å². The van der Waals surface area contributed by atoms with Crippen LogP contribution in [0.15, 0.2) is 0 Å². The molecule has 0 aliphatic heterocycles. The lowest BCUT2D eigenvalue weighted by molar-refractivity contribution is 0.506. The molecule has 0 aliphatic carbocycles. The summed E-state index contributed by atoms with van der Waals surface area (Å²) in [5.41, 5.74) is 0. The Morgan fingerprint density at radius 2 is 0.170 bits per heavy atom. The van der Waals surface area contributed by atoms with Gasteiger partial charge in [-0.3, -0.25) is 0 Å². The number of hydrogen-bond acceptors (Lipinski definition) is 0. The Kier molecular flexibility index (Phi) is 50.1. The zero-order valence-electron chi connectivity index (χ0n) is 36.9. The fraction of sp³-hybridized carbons (Fsp3) is 1.00. The van der Waals surface area contributed by atoms with Gasteiger partial charge in [-0.2, -0.15) is 0 Å². The summed E-state index contributed by atoms with van der Waals surface area (Å²) in [4.78, 5) is 0. The molecular formula is C29HBr59. The van der Waals surface area contributed by atoms with Crippen LogP contribution < -0.4 is 0 Å². The van der Waals surface area contributed by atoms with E-state index in [-0.39, 0.29) is 3.74 Å². The minimum atomic E-state index is -1.51. The van der Waals surface area contributed by atoms with E-state index >= 15 is 0 Å². The quantitative estimate of drug-likeness (QED) is 0.0719. The maximum absolute atomic E-state index is 4.13. The highest BCUT2D eigenvalue weighted by Crippen LogP contribution is 2.87. The number of hydrogen-bond donors (Lipinski definition) is 0. The minimum Gasteiger partial charge on any atom is -0.0739 e. The van der Waals surface area contributed by atoms with Crippen molar-refractivity contribution in [2.24, 2.45) is 0 Å². The van der Waals surface area contributed by atoms with Crippen LogP contribution in [0.3, 0.4) is 0 Å². The predicted molar refractivity (Wildman–Crippen MR) is 607 cm³/mol. The van der Waals surface area contributed by atoms with Crippen molar-refractivity contribution in [3.63, 3.8) is 0 Å². The number of rotatable bonds is 27. The summed E-state index contributed by atoms with van der Waals surface area (Å²) in [6, 6.07) is 0. The maximum atomic E-state index is 4.13. The van der Waals surface area contributed by atoms with E-state index in [0.29, 0.717) is 0 Å². The summed E-state index contributed by atoms with van der Waals surface area (Å²) in [6.07, 6.45) is 0. The molecule has 0 saturated carbocycles. The average molecular weight is 5060 g/mol. The van der Waals surface area contributed by atoms with Gasteiger partial charge in [0, 0.05) is 0 Å². The second-order valence-electron chi connectivity index (χ2n) is 16.4. The average Bonchev–Trinajstić information content (AvgIpc) is 3.29. The van der Waals surface area contributed by atoms with Crippen LogP contribution in [0, 0.1) is 0 Å². The fourth-order valence-electron chi connectivity index (χ4n) is 5.26. The summed E-state index contributed by atoms with van der Waals surface area (Å²) >= 11 is 237. The molecule has 0 aromatic carbocycles. The monoisotopic (exact) mass is 5010 g/mol. The first-order valence-electron chi connectivity index (χ1n) is 18.2. The van der Waals surface area contributed by atoms with E-state index in [1.54, 1.807) is 0 Å². The third kappa shape index (κ3) is 19.1. The summed E-state index contributed by atoms with van der Waals surface area (Å²) in [6.45, 7) is 0. The lowest BCUT2D eigenvalue weighted by atomic mass is 9.99. The molecule has 0 N–H and O–H groups in total. The van der Waals surface area contributed by atoms with Gasteiger partial charge in [-0.1, -0.05) is 940 Å². The van der Waals surface area contributed by atoms with Crippen molar-refractivity contribution in [1.82, 2.24) is 0 Å². The number of halogens is 59. The van der Waals surface area contributed by atoms with Gasteiger partial charge in [-0.05, 0) is 0 Å². The fourth-order valence-corrected chi connectivity index (χ4v) is 67.1. The van der Waals surface area contributed by atoms with Gasteiger partial charge in [0.25, 0.3) is 0 Å². The SMILES string of the molecule is BrC(Br)C(Br)(Br)C(Br)(Br)C(Br)(Br)C(Br)(Br)C(Br)(Br)C(Br)(Br)C(Br)(Br)C(Br)(Br)C(Br)(Br)C(Br)(Br)C(Br)(Br)C(Br)(Br)C(Br)(Br)C(Br)(Br)C(Br)(Br)C(Br)(Br)C(Br)(Br)C(Br)(Br)C(Br)(Br)C(Br)(Br)C(Br)(Br)C(Br)(Br)C(Br)(Br)C(Br)(Br)C(Br)(Br)C(Br)(Br)C(Br)(Br)C(Br)(Br)Br. The highest BCUT2D eigenvalue weighted by molar-refractivity contribution is 9.45. The lowest BCUT2D eigenvalue weighted by Crippen LogP contribution is -2.75. The van der Waals surface area contributed by atoms with Gasteiger partial charge in [0.15, 0.2) is 2.14 Å². The van der Waals surface area contributed by atoms with Crippen molar-refractivity contribution >= 4 is 940 Å². The molecule has 0 heterocycles. The van der Waals surface area contributed by atoms with Crippen LogP contribution in [0.25, 0.3) is 0 Å². The minimum absolute atomic E-state index is 0.352. The second-order valence-corrected chi connectivity index (χ2v) is 119. The third-order valence-electron chi connectivity index (χ3n) is 10.9. The van der Waals surface area contributed by atoms with E-state index in [9.17, 15) is 0 Å². The highest BCUT2D eigenvalue weighted by Gasteiger charge is 2.88. The molecule has 530 valence electrons. The Morgan fingerprint density at radius 3 is 0.239 bits per heavy atom. The Labute approximate surface area is 1010 Å². The molecule has 0 aromatic rings. The lowest BCUT2D eigenvalue weighted by Gasteiger charge is -2.63. The Hall–Kier alpha value is 28.3. The van der Waals surface area contributed by atoms with E-state index in [2.05, 4.69) is 940 Å². The molecule has 0 radical (unpaired) electrons. The molecule has 0 aromatic heterocycles. The zero-order chi connectivity index (χ0) is 73.6. The Bertz CT molecular complexity index is 2500. The van der Waals surface area contributed by atoms with E-state index in [1.165, 1.54) is 0 Å². The second kappa shape index (κ2) is 37.9. The predicted octanol–water partition coefficient (Wildman–Crippen LogP) is 44.1. The molecular weight excluding hydrogens is 5060 g/mol. The van der Waals surface area contributed by atoms with Gasteiger partial charge in [0.1, 0.15) is 87.3 Å². The van der Waals surface area contributed by atoms with Crippen LogP contribution in [0.1, 0.15) is 0 Å². The first-order chi connectivity index (χ1) is 36.7. The summed E-state index contributed by atoms with van der Waals surface area (Å²) < 4.78 is -38.6. The molecule has 0 fully saturated rings. The van der Waals surface area contributed by atoms with Crippen LogP contribution in [-0.2, 0) is 0 Å². The van der Waals surface area contributed by atoms with E-state index in [0.717, 1.165) is 0 Å². The van der Waals surface area contributed by atoms with Gasteiger partial charge >= 0.3 is 0 Å². The largest absolute Gasteiger partial charge is 0.162 e. The van der Waals surface area contributed by atoms with Crippen molar-refractivity contribution in [2.45, 2.75) is 93.2 Å². The standard InChI is InChI=1S/C29HBr59/c30-1(31)2(32,33)3(34,35)4(36,37)5(38,39)6(40,41)7(42,43)8(44,45)9(46,47)10(48,49)11(50,51)12(52,53)13(54,55)14(56,57)15(58,59)16(60,61)17(62,63)18(64,65)19(66,67)20(68,69)21(70,71)22(72,73)23(74,75)24(76,77)25(78,79)26(80,81)27(82,83)28(84,85)29(86,87)88/h1H. The van der Waals surface area contributed by atoms with Crippen molar-refractivity contribution in [3.05, 3.63) is 0 Å². The maximum Gasteiger partial charge on any atom is 0.162 e. The van der Waals surface area contributed by atoms with Gasteiger partial charge in [-0.15, -0.1) is 0 Å². The smallest absolute Gasteiger partial charge is 0.0739 e. The zero-order valence-corrected chi connectivity index (χ0v) is 130. The van der Waals surface area contributed by atoms with Crippen LogP contribution in [0.5, 0.6) is 0 Å². The molecule has 0 bridgehead atoms. The van der Waals surface area contributed by atoms with Crippen LogP contribution in [-0.4, -0.2) is 93.2 Å². The van der Waals surface area contributed by atoms with Crippen molar-refractivity contribution in [3.8, 4) is 0 Å². The molecule has 0 unspecified atom stereocenters. The van der Waals surface area contributed by atoms with Gasteiger partial charge in [-0.25, -0.2) is 0 Å². The van der Waals surface area contributed by atoms with Crippen molar-refractivity contribution in [2.75, 3.05) is 0 Å². The van der Waals surface area contributed by atoms with E-state index in [1.807, 2.05) is 0 Å². The first-order valence-corrected chi connectivity index (χ1v) is 65.3. The summed E-state index contributed by atoms with van der Waals surface area (Å²) in [7, 11) is 0. The molecule has 0 nitrogen and oxygen atoms in total. The van der Waals surface area contributed by atoms with Crippen LogP contribution in [0.4, 0.5) is 0 Å². The molecule has 0 saturated heterocycles. The van der Waals surface area contributed by atoms with Gasteiger partial charge < -0.3 is 0 Å². The van der Waals surface area contributed by atoms with E-state index in [4.69, 9.17) is 0 Å². The topological polar surface area (TPSA) is 0 Å². The Morgan fingerprint density at radius 1 is 0.102 bits per heavy atom. The normalized spacial score (nSPS) is 17.6. The molecule has 59 heteroatoms. The third-order valence-corrected chi connectivity index (χ3v) is 139. The van der Waals surface area contributed by atoms with Gasteiger partial charge in [0.2, 0.25) is 0 Å². The number of alkyl halides is 59. The Balaban J connectivity index is 8.35. The molecule has 0 aliphatic rings. The van der Waals surface area contributed by atoms with Crippen LogP contribution in [0.2, 0.25) is 0 Å². The molecule has 88 heavy (non-hydrogen) atoms. The summed E-state index contributed by atoms with van der Waals surface area (Å²) in [5.74, 6) is 0. The molecule has 0 atom stereocenters. The molecule has 0 spiro atoms. The molecule has 0 amide bonds. The molecule has 0 rings (SSSR count). The van der Waals surface area contributed by atoms with Gasteiger partial charge in [0.05, 0.1) is 3.74 Å².